The molecule has 1 heterocycles. The summed E-state index contributed by atoms with van der Waals surface area (Å²) in [6.07, 6.45) is 0.0880. The van der Waals surface area contributed by atoms with E-state index in [2.05, 4.69) is 16.0 Å². The highest BCUT2D eigenvalue weighted by Gasteiger charge is 2.44. The minimum absolute atomic E-state index is 0.0860. The molecule has 1 aliphatic heterocycles. The number of carboxylic acids is 1. The Balaban J connectivity index is 1.46. The molecule has 1 fully saturated rings. The molecule has 0 unspecified atom stereocenters. The van der Waals surface area contributed by atoms with Crippen LogP contribution >= 0.6 is 11.6 Å². The molecule has 1 aliphatic rings. The standard InChI is InChI=1S/C31H31ClF2N4O5/c1-30(2,21-10-8-20(9-11-21)29(42)43)16-35-26(39)24(14-19-6-4-3-5-7-19)37-28(41)27(40)36-23-15-22(32)12-13-25(23)38-17-31(33,34)18-38/h3-13,15,24H,14,16-18H2,1-2H3,(H,35,39)(H,36,40)(H,37,41)(H,42,43)/t24-/m0/s1. The van der Waals surface area contributed by atoms with Crippen molar-refractivity contribution < 1.29 is 33.1 Å². The molecule has 1 saturated heterocycles. The monoisotopic (exact) mass is 612 g/mol. The highest BCUT2D eigenvalue weighted by Crippen LogP contribution is 2.37. The van der Waals surface area contributed by atoms with Crippen molar-refractivity contribution >= 4 is 46.7 Å². The molecule has 12 heteroatoms. The summed E-state index contributed by atoms with van der Waals surface area (Å²) in [5, 5.41) is 17.1. The summed E-state index contributed by atoms with van der Waals surface area (Å²) in [6.45, 7) is 2.82. The Morgan fingerprint density at radius 2 is 1.63 bits per heavy atom. The zero-order valence-electron chi connectivity index (χ0n) is 23.5. The lowest BCUT2D eigenvalue weighted by molar-refractivity contribution is -0.138. The van der Waals surface area contributed by atoms with Gasteiger partial charge in [-0.15, -0.1) is 0 Å². The van der Waals surface area contributed by atoms with Gasteiger partial charge in [0.15, 0.2) is 0 Å². The van der Waals surface area contributed by atoms with E-state index in [0.29, 0.717) is 0 Å². The number of anilines is 2. The first-order valence-corrected chi connectivity index (χ1v) is 13.8. The second kappa shape index (κ2) is 12.8. The number of benzene rings is 3. The van der Waals surface area contributed by atoms with Crippen molar-refractivity contribution in [2.24, 2.45) is 0 Å². The zero-order chi connectivity index (χ0) is 31.4. The molecule has 4 rings (SSSR count). The van der Waals surface area contributed by atoms with Gasteiger partial charge in [-0.25, -0.2) is 13.6 Å². The second-order valence-electron chi connectivity index (χ2n) is 11.0. The van der Waals surface area contributed by atoms with E-state index in [1.54, 1.807) is 42.5 Å². The molecule has 4 N–H and O–H groups in total. The van der Waals surface area contributed by atoms with Crippen LogP contribution in [-0.2, 0) is 26.2 Å². The number of halogens is 3. The lowest BCUT2D eigenvalue weighted by Crippen LogP contribution is -2.56. The summed E-state index contributed by atoms with van der Waals surface area (Å²) in [7, 11) is 0. The van der Waals surface area contributed by atoms with Gasteiger partial charge in [0.2, 0.25) is 5.91 Å². The van der Waals surface area contributed by atoms with E-state index >= 15 is 0 Å². The van der Waals surface area contributed by atoms with Gasteiger partial charge in [-0.05, 0) is 41.5 Å². The quantitative estimate of drug-likeness (QED) is 0.254. The summed E-state index contributed by atoms with van der Waals surface area (Å²) in [5.74, 6) is -6.63. The highest BCUT2D eigenvalue weighted by atomic mass is 35.5. The van der Waals surface area contributed by atoms with Crippen LogP contribution in [0.15, 0.2) is 72.8 Å². The van der Waals surface area contributed by atoms with Gasteiger partial charge in [0.25, 0.3) is 5.92 Å². The van der Waals surface area contributed by atoms with Crippen LogP contribution in [0.4, 0.5) is 20.2 Å². The number of amides is 3. The highest BCUT2D eigenvalue weighted by molar-refractivity contribution is 6.40. The number of carboxylic acid groups (broad SMARTS) is 1. The molecule has 0 radical (unpaired) electrons. The number of nitrogens with zero attached hydrogens (tertiary/aromatic N) is 1. The molecular weight excluding hydrogens is 582 g/mol. The number of rotatable bonds is 10. The second-order valence-corrected chi connectivity index (χ2v) is 11.5. The molecule has 0 aliphatic carbocycles. The van der Waals surface area contributed by atoms with Crippen molar-refractivity contribution in [3.63, 3.8) is 0 Å². The molecule has 0 saturated carbocycles. The molecular formula is C31H31ClF2N4O5. The predicted molar refractivity (Wildman–Crippen MR) is 159 cm³/mol. The first-order chi connectivity index (χ1) is 20.2. The minimum atomic E-state index is -2.85. The third-order valence-electron chi connectivity index (χ3n) is 7.12. The predicted octanol–water partition coefficient (Wildman–Crippen LogP) is 4.25. The number of nitrogens with one attached hydrogen (secondary N) is 3. The summed E-state index contributed by atoms with van der Waals surface area (Å²) < 4.78 is 26.9. The fourth-order valence-electron chi connectivity index (χ4n) is 4.63. The molecule has 0 aromatic heterocycles. The number of hydrogen-bond donors (Lipinski definition) is 4. The van der Waals surface area contributed by atoms with Crippen molar-refractivity contribution in [3.8, 4) is 0 Å². The summed E-state index contributed by atoms with van der Waals surface area (Å²) in [4.78, 5) is 51.8. The first kappa shape index (κ1) is 31.4. The minimum Gasteiger partial charge on any atom is -0.478 e. The number of aromatic carboxylic acids is 1. The van der Waals surface area contributed by atoms with Gasteiger partial charge < -0.3 is 26.0 Å². The largest absolute Gasteiger partial charge is 0.478 e. The molecule has 226 valence electrons. The Bertz CT molecular complexity index is 1510. The Hall–Kier alpha value is -4.51. The number of hydrogen-bond acceptors (Lipinski definition) is 5. The molecule has 3 aromatic carbocycles. The number of carbonyl (C=O) groups is 4. The van der Waals surface area contributed by atoms with Gasteiger partial charge in [-0.2, -0.15) is 0 Å². The van der Waals surface area contributed by atoms with Gasteiger partial charge >= 0.3 is 17.8 Å². The van der Waals surface area contributed by atoms with Crippen LogP contribution in [0, 0.1) is 0 Å². The van der Waals surface area contributed by atoms with E-state index in [4.69, 9.17) is 16.7 Å². The Morgan fingerprint density at radius 1 is 0.977 bits per heavy atom. The number of alkyl halides is 2. The van der Waals surface area contributed by atoms with E-state index in [-0.39, 0.29) is 34.9 Å². The smallest absolute Gasteiger partial charge is 0.335 e. The van der Waals surface area contributed by atoms with E-state index in [1.165, 1.54) is 35.2 Å². The van der Waals surface area contributed by atoms with Crippen molar-refractivity contribution in [2.75, 3.05) is 29.9 Å². The van der Waals surface area contributed by atoms with Crippen LogP contribution in [-0.4, -0.2) is 60.4 Å². The van der Waals surface area contributed by atoms with E-state index in [9.17, 15) is 28.0 Å². The van der Waals surface area contributed by atoms with E-state index < -0.39 is 54.2 Å². The third-order valence-corrected chi connectivity index (χ3v) is 7.36. The lowest BCUT2D eigenvalue weighted by atomic mass is 9.84. The molecule has 0 spiro atoms. The summed E-state index contributed by atoms with van der Waals surface area (Å²) in [6, 6.07) is 18.4. The molecule has 1 atom stereocenters. The van der Waals surface area contributed by atoms with Crippen molar-refractivity contribution in [2.45, 2.75) is 37.6 Å². The van der Waals surface area contributed by atoms with Crippen LogP contribution in [0.1, 0.15) is 35.3 Å². The normalized spacial score (nSPS) is 14.7. The molecule has 3 amide bonds. The topological polar surface area (TPSA) is 128 Å². The van der Waals surface area contributed by atoms with Crippen molar-refractivity contribution in [3.05, 3.63) is 94.5 Å². The van der Waals surface area contributed by atoms with Gasteiger partial charge in [0.05, 0.1) is 30.0 Å². The van der Waals surface area contributed by atoms with Crippen LogP contribution < -0.4 is 20.9 Å². The van der Waals surface area contributed by atoms with E-state index in [1.807, 2.05) is 13.8 Å². The van der Waals surface area contributed by atoms with Crippen LogP contribution in [0.3, 0.4) is 0 Å². The fourth-order valence-corrected chi connectivity index (χ4v) is 4.80. The lowest BCUT2D eigenvalue weighted by Gasteiger charge is -2.41. The van der Waals surface area contributed by atoms with Gasteiger partial charge in [-0.3, -0.25) is 14.4 Å². The Morgan fingerprint density at radius 3 is 2.23 bits per heavy atom. The van der Waals surface area contributed by atoms with Crippen LogP contribution in [0.25, 0.3) is 0 Å². The van der Waals surface area contributed by atoms with Gasteiger partial charge in [0.1, 0.15) is 6.04 Å². The summed E-state index contributed by atoms with van der Waals surface area (Å²) >= 11 is 6.06. The van der Waals surface area contributed by atoms with Crippen LogP contribution in [0.2, 0.25) is 5.02 Å². The Kier molecular flexibility index (Phi) is 9.34. The molecule has 43 heavy (non-hydrogen) atoms. The average molecular weight is 613 g/mol. The molecule has 0 bridgehead atoms. The van der Waals surface area contributed by atoms with Gasteiger partial charge in [0, 0.05) is 23.4 Å². The summed E-state index contributed by atoms with van der Waals surface area (Å²) in [5.41, 5.74) is 1.44. The maximum Gasteiger partial charge on any atom is 0.335 e. The first-order valence-electron chi connectivity index (χ1n) is 13.4. The molecule has 3 aromatic rings. The third kappa shape index (κ3) is 8.07. The SMILES string of the molecule is CC(C)(CNC(=O)[C@H](Cc1ccccc1)NC(=O)C(=O)Nc1cc(Cl)ccc1N1CC(F)(F)C1)c1ccc(C(=O)O)cc1. The van der Waals surface area contributed by atoms with Crippen molar-refractivity contribution in [1.82, 2.24) is 10.6 Å². The van der Waals surface area contributed by atoms with Gasteiger partial charge in [-0.1, -0.05) is 67.9 Å². The van der Waals surface area contributed by atoms with Crippen LogP contribution in [0.5, 0.6) is 0 Å². The van der Waals surface area contributed by atoms with E-state index in [0.717, 1.165) is 11.1 Å². The number of carbonyl (C=O) groups excluding carboxylic acids is 3. The maximum atomic E-state index is 13.5. The Labute approximate surface area is 252 Å². The zero-order valence-corrected chi connectivity index (χ0v) is 24.3. The molecule has 9 nitrogen and oxygen atoms in total. The average Bonchev–Trinajstić information content (AvgIpc) is 2.95. The van der Waals surface area contributed by atoms with Crippen molar-refractivity contribution in [1.29, 1.82) is 0 Å². The fraction of sp³-hybridized carbons (Fsp3) is 0.290. The maximum absolute atomic E-state index is 13.5.